The first-order valence-corrected chi connectivity index (χ1v) is 13.6. The third-order valence-corrected chi connectivity index (χ3v) is 6.34. The highest BCUT2D eigenvalue weighted by Gasteiger charge is 2.39. The Hall–Kier alpha value is -5.04. The van der Waals surface area contributed by atoms with Gasteiger partial charge >= 0.3 is 24.3 Å². The Labute approximate surface area is 262 Å². The summed E-state index contributed by atoms with van der Waals surface area (Å²) in [6, 6.07) is 11.4. The fourth-order valence-electron chi connectivity index (χ4n) is 3.98. The van der Waals surface area contributed by atoms with E-state index in [0.717, 1.165) is 29.7 Å². The Balaban J connectivity index is 0.000000459. The van der Waals surface area contributed by atoms with Crippen molar-refractivity contribution in [3.63, 3.8) is 0 Å². The van der Waals surface area contributed by atoms with Crippen molar-refractivity contribution < 1.29 is 60.5 Å². The number of rotatable bonds is 8. The minimum atomic E-state index is -5.08. The van der Waals surface area contributed by atoms with Crippen LogP contribution < -0.4 is 22.1 Å². The Morgan fingerprint density at radius 3 is 2.02 bits per heavy atom. The van der Waals surface area contributed by atoms with Gasteiger partial charge in [-0.15, -0.1) is 0 Å². The molecule has 0 saturated heterocycles. The number of aliphatic carboxylic acids is 2. The van der Waals surface area contributed by atoms with Gasteiger partial charge in [0.1, 0.15) is 11.9 Å². The van der Waals surface area contributed by atoms with Gasteiger partial charge in [0.25, 0.3) is 5.91 Å². The van der Waals surface area contributed by atoms with Crippen molar-refractivity contribution in [2.75, 3.05) is 11.9 Å². The molecule has 0 aliphatic carbocycles. The maximum Gasteiger partial charge on any atom is 0.490 e. The fourth-order valence-corrected chi connectivity index (χ4v) is 3.98. The number of nitrogens with two attached hydrogens (primary N) is 2. The number of benzene rings is 2. The van der Waals surface area contributed by atoms with E-state index in [-0.39, 0.29) is 17.7 Å². The van der Waals surface area contributed by atoms with Crippen molar-refractivity contribution in [3.05, 3.63) is 59.2 Å². The highest BCUT2D eigenvalue weighted by molar-refractivity contribution is 6.24. The van der Waals surface area contributed by atoms with Gasteiger partial charge in [-0.25, -0.2) is 14.6 Å². The number of carbonyl (C=O) groups is 5. The zero-order valence-electron chi connectivity index (χ0n) is 24.5. The normalized spacial score (nSPS) is 14.4. The molecule has 0 saturated carbocycles. The van der Waals surface area contributed by atoms with Crippen molar-refractivity contribution >= 4 is 46.9 Å². The molecule has 3 amide bonds. The summed E-state index contributed by atoms with van der Waals surface area (Å²) in [5.41, 5.74) is 15.0. The predicted octanol–water partition coefficient (Wildman–Crippen LogP) is 2.90. The summed E-state index contributed by atoms with van der Waals surface area (Å²) in [7, 11) is 0. The molecule has 0 fully saturated rings. The molecular weight excluding hydrogens is 646 g/mol. The Kier molecular flexibility index (Phi) is 13.0. The van der Waals surface area contributed by atoms with Crippen LogP contribution in [0.15, 0.2) is 47.5 Å². The van der Waals surface area contributed by atoms with Gasteiger partial charge in [-0.05, 0) is 56.1 Å². The van der Waals surface area contributed by atoms with E-state index in [1.807, 2.05) is 24.3 Å². The molecule has 0 radical (unpaired) electrons. The maximum absolute atomic E-state index is 12.8. The average Bonchev–Trinajstić information content (AvgIpc) is 3.26. The van der Waals surface area contributed by atoms with Crippen LogP contribution in [0.25, 0.3) is 0 Å². The SMILES string of the molecule is C[C@H](NC(=O)[C@@H](N)CCCCN)C(=O)Nc1ccc2c(c1)CN1C(=O)c3ccccc3C1=N2.O=C(O)C(F)(F)F.O=C(O)C(F)(F)F. The van der Waals surface area contributed by atoms with E-state index in [9.17, 15) is 40.7 Å². The van der Waals surface area contributed by atoms with Gasteiger partial charge in [0.05, 0.1) is 23.8 Å². The molecule has 19 heteroatoms. The lowest BCUT2D eigenvalue weighted by molar-refractivity contribution is -0.193. The summed E-state index contributed by atoms with van der Waals surface area (Å²) in [6.07, 6.45) is -8.09. The smallest absolute Gasteiger partial charge is 0.475 e. The lowest BCUT2D eigenvalue weighted by Gasteiger charge is -2.24. The number of carboxylic acids is 2. The highest BCUT2D eigenvalue weighted by Crippen LogP contribution is 2.35. The van der Waals surface area contributed by atoms with Crippen molar-refractivity contribution in [1.82, 2.24) is 10.2 Å². The van der Waals surface area contributed by atoms with Crippen LogP contribution in [-0.2, 0) is 25.7 Å². The second kappa shape index (κ2) is 16.0. The van der Waals surface area contributed by atoms with Crippen LogP contribution in [0.4, 0.5) is 37.7 Å². The monoisotopic (exact) mass is 676 g/mol. The number of amides is 3. The van der Waals surface area contributed by atoms with Crippen molar-refractivity contribution in [3.8, 4) is 0 Å². The molecule has 2 aromatic carbocycles. The number of anilines is 1. The standard InChI is InChI=1S/C24H28N6O3.2C2HF3O2/c1-14(27-23(32)19(26)8-4-5-11-25)22(31)28-16-9-10-20-15(12-16)13-30-21(29-20)17-6-2-3-7-18(17)24(30)33;2*3-2(4,5)1(6)7/h2-3,6-7,9-10,12,14,19H,4-5,8,11,13,25-26H2,1H3,(H,27,32)(H,28,31);2*(H,6,7)/t14-,19-;;/m0../s1. The van der Waals surface area contributed by atoms with Gasteiger partial charge in [-0.2, -0.15) is 26.3 Å². The van der Waals surface area contributed by atoms with E-state index in [0.29, 0.717) is 36.6 Å². The molecule has 4 rings (SSSR count). The fraction of sp³-hybridized carbons (Fsp3) is 0.357. The molecule has 2 aromatic rings. The van der Waals surface area contributed by atoms with Crippen LogP contribution >= 0.6 is 0 Å². The van der Waals surface area contributed by atoms with Crippen molar-refractivity contribution in [2.45, 2.75) is 57.2 Å². The van der Waals surface area contributed by atoms with Crippen molar-refractivity contribution in [2.24, 2.45) is 16.5 Å². The predicted molar refractivity (Wildman–Crippen MR) is 153 cm³/mol. The minimum Gasteiger partial charge on any atom is -0.475 e. The van der Waals surface area contributed by atoms with Crippen LogP contribution in [0.1, 0.15) is 47.7 Å². The number of carbonyl (C=O) groups excluding carboxylic acids is 3. The van der Waals surface area contributed by atoms with Gasteiger partial charge in [0, 0.05) is 11.3 Å². The summed E-state index contributed by atoms with van der Waals surface area (Å²) in [5.74, 6) is -5.67. The first kappa shape index (κ1) is 38.1. The van der Waals surface area contributed by atoms with Crippen LogP contribution in [0, 0.1) is 0 Å². The molecule has 256 valence electrons. The number of amidine groups is 1. The Bertz CT molecular complexity index is 1510. The first-order chi connectivity index (χ1) is 21.8. The molecule has 2 aliphatic heterocycles. The molecular formula is C28H30F6N6O7. The second-order valence-electron chi connectivity index (χ2n) is 9.93. The molecule has 0 unspecified atom stereocenters. The van der Waals surface area contributed by atoms with E-state index < -0.39 is 36.4 Å². The molecule has 47 heavy (non-hydrogen) atoms. The van der Waals surface area contributed by atoms with Gasteiger partial charge in [0.2, 0.25) is 11.8 Å². The molecule has 13 nitrogen and oxygen atoms in total. The van der Waals surface area contributed by atoms with Crippen LogP contribution in [0.2, 0.25) is 0 Å². The third kappa shape index (κ3) is 10.8. The number of halogens is 6. The van der Waals surface area contributed by atoms with Gasteiger partial charge in [0.15, 0.2) is 0 Å². The molecule has 2 aliphatic rings. The number of hydrogen-bond donors (Lipinski definition) is 6. The number of nitrogens with zero attached hydrogens (tertiary/aromatic N) is 2. The molecule has 2 atom stereocenters. The zero-order chi connectivity index (χ0) is 35.7. The minimum absolute atomic E-state index is 0.0800. The second-order valence-corrected chi connectivity index (χ2v) is 9.93. The summed E-state index contributed by atoms with van der Waals surface area (Å²) in [5, 5.41) is 19.7. The molecule has 0 bridgehead atoms. The van der Waals surface area contributed by atoms with E-state index >= 15 is 0 Å². The number of nitrogens with one attached hydrogen (secondary N) is 2. The van der Waals surface area contributed by atoms with Crippen LogP contribution in [0.5, 0.6) is 0 Å². The Morgan fingerprint density at radius 1 is 0.936 bits per heavy atom. The number of hydrogen-bond acceptors (Lipinski definition) is 8. The van der Waals surface area contributed by atoms with Gasteiger partial charge < -0.3 is 32.3 Å². The molecule has 0 aromatic heterocycles. The number of unbranched alkanes of at least 4 members (excludes halogenated alkanes) is 1. The quantitative estimate of drug-likeness (QED) is 0.179. The summed E-state index contributed by atoms with van der Waals surface area (Å²) in [4.78, 5) is 61.7. The van der Waals surface area contributed by atoms with Gasteiger partial charge in [-0.1, -0.05) is 24.6 Å². The number of carboxylic acid groups (broad SMARTS) is 2. The lowest BCUT2D eigenvalue weighted by atomic mass is 10.1. The van der Waals surface area contributed by atoms with E-state index in [1.54, 1.807) is 30.0 Å². The molecule has 2 heterocycles. The number of alkyl halides is 6. The zero-order valence-corrected chi connectivity index (χ0v) is 24.5. The number of aliphatic imine (C=N–C) groups is 1. The largest absolute Gasteiger partial charge is 0.490 e. The average molecular weight is 677 g/mol. The topological polar surface area (TPSA) is 218 Å². The highest BCUT2D eigenvalue weighted by atomic mass is 19.4. The van der Waals surface area contributed by atoms with Gasteiger partial charge in [-0.3, -0.25) is 19.3 Å². The van der Waals surface area contributed by atoms with E-state index in [4.69, 9.17) is 31.3 Å². The maximum atomic E-state index is 12.8. The van der Waals surface area contributed by atoms with Crippen LogP contribution in [-0.4, -0.2) is 81.6 Å². The number of fused-ring (bicyclic) bond motifs is 4. The Morgan fingerprint density at radius 2 is 1.49 bits per heavy atom. The summed E-state index contributed by atoms with van der Waals surface area (Å²) >= 11 is 0. The lowest BCUT2D eigenvalue weighted by Crippen LogP contribution is -2.48. The summed E-state index contributed by atoms with van der Waals surface area (Å²) < 4.78 is 63.5. The van der Waals surface area contributed by atoms with Crippen molar-refractivity contribution in [1.29, 1.82) is 0 Å². The summed E-state index contributed by atoms with van der Waals surface area (Å²) in [6.45, 7) is 2.53. The van der Waals surface area contributed by atoms with Crippen LogP contribution in [0.3, 0.4) is 0 Å². The first-order valence-electron chi connectivity index (χ1n) is 13.6. The van der Waals surface area contributed by atoms with E-state index in [1.165, 1.54) is 0 Å². The molecule has 0 spiro atoms. The third-order valence-electron chi connectivity index (χ3n) is 6.34. The van der Waals surface area contributed by atoms with E-state index in [2.05, 4.69) is 15.6 Å². The molecule has 8 N–H and O–H groups in total.